The van der Waals surface area contributed by atoms with Crippen molar-refractivity contribution in [3.8, 4) is 0 Å². The first kappa shape index (κ1) is 14.1. The van der Waals surface area contributed by atoms with E-state index in [0.29, 0.717) is 5.92 Å². The van der Waals surface area contributed by atoms with Crippen LogP contribution in [-0.2, 0) is 6.42 Å². The van der Waals surface area contributed by atoms with Crippen LogP contribution in [0, 0.1) is 11.3 Å². The summed E-state index contributed by atoms with van der Waals surface area (Å²) in [4.78, 5) is 0. The quantitative estimate of drug-likeness (QED) is 0.794. The highest BCUT2D eigenvalue weighted by atomic mass is 32.1. The lowest BCUT2D eigenvalue weighted by Gasteiger charge is -2.36. The molecule has 1 heterocycles. The molecule has 1 nitrogen and oxygen atoms in total. The van der Waals surface area contributed by atoms with Crippen molar-refractivity contribution >= 4 is 11.3 Å². The molecule has 1 fully saturated rings. The topological polar surface area (TPSA) is 20.2 Å². The molecular formula is C16H26OS. The van der Waals surface area contributed by atoms with Gasteiger partial charge in [-0.05, 0) is 65.8 Å². The van der Waals surface area contributed by atoms with Gasteiger partial charge in [0.15, 0.2) is 0 Å². The van der Waals surface area contributed by atoms with E-state index >= 15 is 0 Å². The van der Waals surface area contributed by atoms with E-state index in [-0.39, 0.29) is 11.5 Å². The molecule has 102 valence electrons. The molecule has 1 aromatic rings. The summed E-state index contributed by atoms with van der Waals surface area (Å²) in [6.45, 7) is 4.57. The van der Waals surface area contributed by atoms with Crippen LogP contribution in [-0.4, -0.2) is 11.2 Å². The first-order valence-electron chi connectivity index (χ1n) is 7.31. The zero-order valence-corrected chi connectivity index (χ0v) is 12.5. The van der Waals surface area contributed by atoms with Gasteiger partial charge in [-0.2, -0.15) is 11.3 Å². The Hall–Kier alpha value is -0.340. The third-order valence-electron chi connectivity index (χ3n) is 4.41. The lowest BCUT2D eigenvalue weighted by atomic mass is 9.72. The molecule has 1 unspecified atom stereocenters. The Morgan fingerprint density at radius 1 is 1.33 bits per heavy atom. The Bertz CT molecular complexity index is 336. The van der Waals surface area contributed by atoms with Crippen LogP contribution in [0.5, 0.6) is 0 Å². The Morgan fingerprint density at radius 2 is 2.06 bits per heavy atom. The summed E-state index contributed by atoms with van der Waals surface area (Å²) in [5.74, 6) is 0.693. The highest BCUT2D eigenvalue weighted by Crippen LogP contribution is 2.47. The van der Waals surface area contributed by atoms with Crippen molar-refractivity contribution in [2.75, 3.05) is 0 Å². The van der Waals surface area contributed by atoms with Gasteiger partial charge in [0.05, 0.1) is 6.10 Å². The van der Waals surface area contributed by atoms with E-state index in [1.807, 2.05) is 0 Å². The summed E-state index contributed by atoms with van der Waals surface area (Å²) < 4.78 is 0. The molecule has 0 amide bonds. The molecule has 1 saturated carbocycles. The van der Waals surface area contributed by atoms with Gasteiger partial charge in [0.2, 0.25) is 0 Å². The second-order valence-corrected chi connectivity index (χ2v) is 7.13. The summed E-state index contributed by atoms with van der Waals surface area (Å²) in [7, 11) is 0. The van der Waals surface area contributed by atoms with Crippen LogP contribution in [0.3, 0.4) is 0 Å². The second-order valence-electron chi connectivity index (χ2n) is 6.35. The molecule has 0 saturated heterocycles. The standard InChI is InChI=1S/C16H26OS/c1-13(2)11-16(8-3-4-9-16)15(17)6-5-14-7-10-18-12-14/h7,10,12-13,15,17H,3-6,8-9,11H2,1-2H3. The van der Waals surface area contributed by atoms with E-state index in [0.717, 1.165) is 12.8 Å². The van der Waals surface area contributed by atoms with Crippen molar-refractivity contribution < 1.29 is 5.11 Å². The van der Waals surface area contributed by atoms with Crippen LogP contribution in [0.15, 0.2) is 16.8 Å². The van der Waals surface area contributed by atoms with Crippen LogP contribution in [0.1, 0.15) is 57.9 Å². The Morgan fingerprint density at radius 3 is 2.61 bits per heavy atom. The maximum absolute atomic E-state index is 10.7. The van der Waals surface area contributed by atoms with Crippen LogP contribution in [0.4, 0.5) is 0 Å². The Kier molecular flexibility index (Phi) is 4.85. The molecule has 1 aliphatic carbocycles. The van der Waals surface area contributed by atoms with Crippen LogP contribution in [0.2, 0.25) is 0 Å². The van der Waals surface area contributed by atoms with E-state index < -0.39 is 0 Å². The summed E-state index contributed by atoms with van der Waals surface area (Å²) in [5, 5.41) is 15.0. The van der Waals surface area contributed by atoms with Gasteiger partial charge >= 0.3 is 0 Å². The van der Waals surface area contributed by atoms with Crippen molar-refractivity contribution in [3.05, 3.63) is 22.4 Å². The lowest BCUT2D eigenvalue weighted by Crippen LogP contribution is -2.34. The number of hydrogen-bond donors (Lipinski definition) is 1. The molecule has 0 bridgehead atoms. The van der Waals surface area contributed by atoms with Gasteiger partial charge in [-0.25, -0.2) is 0 Å². The molecule has 0 aromatic carbocycles. The van der Waals surface area contributed by atoms with Crippen LogP contribution in [0.25, 0.3) is 0 Å². The molecule has 0 radical (unpaired) electrons. The van der Waals surface area contributed by atoms with Gasteiger partial charge < -0.3 is 5.11 Å². The van der Waals surface area contributed by atoms with Crippen molar-refractivity contribution in [3.63, 3.8) is 0 Å². The summed E-state index contributed by atoms with van der Waals surface area (Å²) in [6.07, 6.45) is 8.13. The molecule has 2 rings (SSSR count). The molecule has 2 heteroatoms. The van der Waals surface area contributed by atoms with Gasteiger partial charge in [0.25, 0.3) is 0 Å². The summed E-state index contributed by atoms with van der Waals surface area (Å²) in [5.41, 5.74) is 1.61. The fraction of sp³-hybridized carbons (Fsp3) is 0.750. The van der Waals surface area contributed by atoms with E-state index in [4.69, 9.17) is 0 Å². The molecule has 1 N–H and O–H groups in total. The number of rotatable bonds is 6. The number of aliphatic hydroxyl groups is 1. The highest BCUT2D eigenvalue weighted by molar-refractivity contribution is 7.07. The molecule has 0 spiro atoms. The fourth-order valence-corrected chi connectivity index (χ4v) is 4.31. The van der Waals surface area contributed by atoms with Crippen LogP contribution < -0.4 is 0 Å². The van der Waals surface area contributed by atoms with Gasteiger partial charge in [0.1, 0.15) is 0 Å². The average Bonchev–Trinajstić information content (AvgIpc) is 2.96. The first-order chi connectivity index (χ1) is 8.62. The minimum atomic E-state index is -0.109. The van der Waals surface area contributed by atoms with Gasteiger partial charge in [-0.3, -0.25) is 0 Å². The normalized spacial score (nSPS) is 20.4. The van der Waals surface area contributed by atoms with Crippen molar-refractivity contribution in [2.24, 2.45) is 11.3 Å². The van der Waals surface area contributed by atoms with Crippen molar-refractivity contribution in [2.45, 2.75) is 64.9 Å². The van der Waals surface area contributed by atoms with Gasteiger partial charge in [-0.1, -0.05) is 26.7 Å². The number of hydrogen-bond acceptors (Lipinski definition) is 2. The van der Waals surface area contributed by atoms with E-state index in [2.05, 4.69) is 30.7 Å². The summed E-state index contributed by atoms with van der Waals surface area (Å²) >= 11 is 1.75. The largest absolute Gasteiger partial charge is 0.393 e. The Balaban J connectivity index is 1.93. The molecule has 1 aliphatic rings. The number of aryl methyl sites for hydroxylation is 1. The molecule has 18 heavy (non-hydrogen) atoms. The smallest absolute Gasteiger partial charge is 0.0599 e. The highest BCUT2D eigenvalue weighted by Gasteiger charge is 2.40. The monoisotopic (exact) mass is 266 g/mol. The molecule has 0 aliphatic heterocycles. The van der Waals surface area contributed by atoms with Gasteiger partial charge in [0, 0.05) is 0 Å². The van der Waals surface area contributed by atoms with Crippen molar-refractivity contribution in [1.82, 2.24) is 0 Å². The maximum atomic E-state index is 10.7. The second kappa shape index (κ2) is 6.21. The molecular weight excluding hydrogens is 240 g/mol. The zero-order chi connectivity index (χ0) is 13.0. The summed E-state index contributed by atoms with van der Waals surface area (Å²) in [6, 6.07) is 2.18. The molecule has 1 atom stereocenters. The minimum Gasteiger partial charge on any atom is -0.393 e. The van der Waals surface area contributed by atoms with E-state index in [1.165, 1.54) is 37.7 Å². The number of thiophene rings is 1. The third kappa shape index (κ3) is 3.36. The van der Waals surface area contributed by atoms with E-state index in [9.17, 15) is 5.11 Å². The predicted octanol–water partition coefficient (Wildman–Crippen LogP) is 4.65. The van der Waals surface area contributed by atoms with E-state index in [1.54, 1.807) is 11.3 Å². The first-order valence-corrected chi connectivity index (χ1v) is 8.26. The molecule has 1 aromatic heterocycles. The van der Waals surface area contributed by atoms with Crippen molar-refractivity contribution in [1.29, 1.82) is 0 Å². The lowest BCUT2D eigenvalue weighted by molar-refractivity contribution is 0.00735. The number of aliphatic hydroxyl groups excluding tert-OH is 1. The van der Waals surface area contributed by atoms with Gasteiger partial charge in [-0.15, -0.1) is 0 Å². The third-order valence-corrected chi connectivity index (χ3v) is 5.14. The SMILES string of the molecule is CC(C)CC1(C(O)CCc2ccsc2)CCCC1. The minimum absolute atomic E-state index is 0.109. The average molecular weight is 266 g/mol. The van der Waals surface area contributed by atoms with Crippen LogP contribution >= 0.6 is 11.3 Å². The fourth-order valence-electron chi connectivity index (χ4n) is 3.61. The zero-order valence-electron chi connectivity index (χ0n) is 11.7. The predicted molar refractivity (Wildman–Crippen MR) is 79.0 cm³/mol. The Labute approximate surface area is 115 Å². The maximum Gasteiger partial charge on any atom is 0.0599 e.